The van der Waals surface area contributed by atoms with Gasteiger partial charge in [-0.3, -0.25) is 9.59 Å². The SMILES string of the molecule is O=C(COC(=O)c1ccc2c(c1)S(=O)(=O)c1ccccc1C2=O)c1ccc(Cl)c(Cl)c1. The summed E-state index contributed by atoms with van der Waals surface area (Å²) in [4.78, 5) is 36.9. The number of hydrogen-bond acceptors (Lipinski definition) is 6. The fraction of sp³-hybridized carbons (Fsp3) is 0.0455. The highest BCUT2D eigenvalue weighted by Gasteiger charge is 2.35. The Morgan fingerprint density at radius 3 is 2.23 bits per heavy atom. The van der Waals surface area contributed by atoms with E-state index in [2.05, 4.69) is 0 Å². The standard InChI is InChI=1S/C22H12Cl2O6S/c23-16-8-6-12(9-17(16)24)18(25)11-30-22(27)13-5-7-15-20(10-13)31(28,29)19-4-2-1-3-14(19)21(15)26/h1-10H,11H2. The van der Waals surface area contributed by atoms with Gasteiger partial charge in [0.15, 0.2) is 18.2 Å². The Kier molecular flexibility index (Phi) is 5.43. The van der Waals surface area contributed by atoms with Crippen LogP contribution >= 0.6 is 23.2 Å². The van der Waals surface area contributed by atoms with Crippen LogP contribution < -0.4 is 0 Å². The van der Waals surface area contributed by atoms with Crippen LogP contribution in [0.1, 0.15) is 36.6 Å². The second-order valence-corrected chi connectivity index (χ2v) is 9.37. The van der Waals surface area contributed by atoms with Gasteiger partial charge in [-0.25, -0.2) is 13.2 Å². The maximum atomic E-state index is 12.9. The van der Waals surface area contributed by atoms with Gasteiger partial charge in [-0.05, 0) is 48.5 Å². The van der Waals surface area contributed by atoms with Crippen molar-refractivity contribution in [2.24, 2.45) is 0 Å². The zero-order valence-electron chi connectivity index (χ0n) is 15.6. The molecule has 4 rings (SSSR count). The first-order valence-corrected chi connectivity index (χ1v) is 11.1. The van der Waals surface area contributed by atoms with Crippen molar-refractivity contribution in [2.45, 2.75) is 9.79 Å². The van der Waals surface area contributed by atoms with Crippen molar-refractivity contribution in [3.05, 3.63) is 93.0 Å². The lowest BCUT2D eigenvalue weighted by Gasteiger charge is -2.19. The maximum Gasteiger partial charge on any atom is 0.338 e. The van der Waals surface area contributed by atoms with Crippen LogP contribution in [-0.2, 0) is 14.6 Å². The largest absolute Gasteiger partial charge is 0.454 e. The minimum atomic E-state index is -4.00. The van der Waals surface area contributed by atoms with Crippen molar-refractivity contribution in [2.75, 3.05) is 6.61 Å². The Morgan fingerprint density at radius 2 is 1.48 bits per heavy atom. The molecular weight excluding hydrogens is 463 g/mol. The third-order valence-corrected chi connectivity index (χ3v) is 7.34. The number of sulfone groups is 1. The number of fused-ring (bicyclic) bond motifs is 2. The molecule has 0 atom stereocenters. The molecule has 3 aromatic rings. The normalized spacial score (nSPS) is 13.8. The van der Waals surface area contributed by atoms with Gasteiger partial charge >= 0.3 is 5.97 Å². The van der Waals surface area contributed by atoms with Gasteiger partial charge in [-0.1, -0.05) is 35.3 Å². The van der Waals surface area contributed by atoms with Crippen LogP contribution in [0.15, 0.2) is 70.5 Å². The molecule has 0 bridgehead atoms. The van der Waals surface area contributed by atoms with Crippen molar-refractivity contribution in [3.63, 3.8) is 0 Å². The maximum absolute atomic E-state index is 12.9. The third-order valence-electron chi connectivity index (χ3n) is 4.75. The number of esters is 1. The lowest BCUT2D eigenvalue weighted by atomic mass is 10.0. The van der Waals surface area contributed by atoms with Crippen molar-refractivity contribution in [3.8, 4) is 0 Å². The lowest BCUT2D eigenvalue weighted by Crippen LogP contribution is -2.21. The first-order chi connectivity index (χ1) is 14.7. The molecule has 0 unspecified atom stereocenters. The van der Waals surface area contributed by atoms with Gasteiger partial charge in [0.1, 0.15) is 0 Å². The Hall–Kier alpha value is -3.00. The van der Waals surface area contributed by atoms with Crippen molar-refractivity contribution in [1.29, 1.82) is 0 Å². The molecule has 1 heterocycles. The van der Waals surface area contributed by atoms with Crippen LogP contribution in [0, 0.1) is 0 Å². The molecule has 0 N–H and O–H groups in total. The van der Waals surface area contributed by atoms with Gasteiger partial charge in [0, 0.05) is 16.7 Å². The van der Waals surface area contributed by atoms with E-state index in [1.54, 1.807) is 6.07 Å². The molecular formula is C22H12Cl2O6S. The second kappa shape index (κ2) is 7.92. The molecule has 1 aliphatic heterocycles. The molecule has 0 aromatic heterocycles. The minimum absolute atomic E-state index is 0.0258. The van der Waals surface area contributed by atoms with E-state index >= 15 is 0 Å². The van der Waals surface area contributed by atoms with E-state index in [0.717, 1.165) is 6.07 Å². The number of ketones is 2. The molecule has 31 heavy (non-hydrogen) atoms. The Morgan fingerprint density at radius 1 is 0.806 bits per heavy atom. The highest BCUT2D eigenvalue weighted by molar-refractivity contribution is 7.91. The zero-order chi connectivity index (χ0) is 22.3. The average Bonchev–Trinajstić information content (AvgIpc) is 2.77. The van der Waals surface area contributed by atoms with Crippen LogP contribution in [0.25, 0.3) is 0 Å². The molecule has 0 saturated heterocycles. The van der Waals surface area contributed by atoms with Gasteiger partial charge < -0.3 is 4.74 Å². The van der Waals surface area contributed by atoms with E-state index in [1.165, 1.54) is 48.5 Å². The van der Waals surface area contributed by atoms with E-state index in [-0.39, 0.29) is 42.1 Å². The summed E-state index contributed by atoms with van der Waals surface area (Å²) < 4.78 is 30.9. The summed E-state index contributed by atoms with van der Waals surface area (Å²) in [5.74, 6) is -1.87. The molecule has 9 heteroatoms. The second-order valence-electron chi connectivity index (χ2n) is 6.67. The van der Waals surface area contributed by atoms with Crippen LogP contribution in [0.3, 0.4) is 0 Å². The van der Waals surface area contributed by atoms with Gasteiger partial charge in [0.2, 0.25) is 9.84 Å². The minimum Gasteiger partial charge on any atom is -0.454 e. The Bertz CT molecular complexity index is 1380. The number of carbonyl (C=O) groups excluding carboxylic acids is 3. The highest BCUT2D eigenvalue weighted by atomic mass is 35.5. The number of halogens is 2. The van der Waals surface area contributed by atoms with Crippen molar-refractivity contribution >= 4 is 50.6 Å². The molecule has 0 radical (unpaired) electrons. The monoisotopic (exact) mass is 474 g/mol. The predicted octanol–water partition coefficient (Wildman–Crippen LogP) is 4.41. The van der Waals surface area contributed by atoms with Crippen molar-refractivity contribution in [1.82, 2.24) is 0 Å². The van der Waals surface area contributed by atoms with Crippen molar-refractivity contribution < 1.29 is 27.5 Å². The first-order valence-electron chi connectivity index (χ1n) is 8.88. The predicted molar refractivity (Wildman–Crippen MR) is 113 cm³/mol. The van der Waals surface area contributed by atoms with Gasteiger partial charge in [0.05, 0.1) is 25.4 Å². The summed E-state index contributed by atoms with van der Waals surface area (Å²) in [6.45, 7) is -0.581. The molecule has 0 aliphatic carbocycles. The molecule has 156 valence electrons. The highest BCUT2D eigenvalue weighted by Crippen LogP contribution is 2.34. The molecule has 6 nitrogen and oxygen atoms in total. The molecule has 0 amide bonds. The van der Waals surface area contributed by atoms with Gasteiger partial charge in [-0.2, -0.15) is 0 Å². The number of benzene rings is 3. The summed E-state index contributed by atoms with van der Waals surface area (Å²) >= 11 is 11.7. The van der Waals surface area contributed by atoms with E-state index in [0.29, 0.717) is 0 Å². The number of Topliss-reactive ketones (excluding diaryl/α,β-unsaturated/α-hetero) is 1. The number of carbonyl (C=O) groups is 3. The lowest BCUT2D eigenvalue weighted by molar-refractivity contribution is 0.0474. The van der Waals surface area contributed by atoms with E-state index in [1.807, 2.05) is 0 Å². The summed E-state index contributed by atoms with van der Waals surface area (Å²) in [6, 6.07) is 13.8. The topological polar surface area (TPSA) is 94.6 Å². The van der Waals surface area contributed by atoms with Crippen LogP contribution in [0.2, 0.25) is 10.0 Å². The van der Waals surface area contributed by atoms with Crippen LogP contribution in [-0.4, -0.2) is 32.6 Å². The van der Waals surface area contributed by atoms with E-state index in [4.69, 9.17) is 27.9 Å². The van der Waals surface area contributed by atoms with E-state index < -0.39 is 34.0 Å². The Balaban J connectivity index is 1.58. The molecule has 0 fully saturated rings. The van der Waals surface area contributed by atoms with Crippen LogP contribution in [0.4, 0.5) is 0 Å². The fourth-order valence-electron chi connectivity index (χ4n) is 3.18. The third kappa shape index (κ3) is 3.76. The molecule has 1 aliphatic rings. The van der Waals surface area contributed by atoms with Crippen LogP contribution in [0.5, 0.6) is 0 Å². The summed E-state index contributed by atoms with van der Waals surface area (Å²) in [5.41, 5.74) is 0.161. The summed E-state index contributed by atoms with van der Waals surface area (Å²) in [7, 11) is -4.00. The van der Waals surface area contributed by atoms with E-state index in [9.17, 15) is 22.8 Å². The summed E-state index contributed by atoms with van der Waals surface area (Å²) in [5, 5.41) is 0.463. The summed E-state index contributed by atoms with van der Waals surface area (Å²) in [6.07, 6.45) is 0. The number of ether oxygens (including phenoxy) is 1. The Labute approximate surface area is 187 Å². The zero-order valence-corrected chi connectivity index (χ0v) is 17.9. The number of hydrogen-bond donors (Lipinski definition) is 0. The fourth-order valence-corrected chi connectivity index (χ4v) is 5.15. The molecule has 0 spiro atoms. The van der Waals surface area contributed by atoms with Gasteiger partial charge in [0.25, 0.3) is 0 Å². The average molecular weight is 475 g/mol. The molecule has 0 saturated carbocycles. The smallest absolute Gasteiger partial charge is 0.338 e. The molecule has 3 aromatic carbocycles. The first kappa shape index (κ1) is 21.2. The van der Waals surface area contributed by atoms with Gasteiger partial charge in [-0.15, -0.1) is 0 Å². The number of rotatable bonds is 4. The quantitative estimate of drug-likeness (QED) is 0.321.